The highest BCUT2D eigenvalue weighted by molar-refractivity contribution is 9.11. The number of aromatic nitrogens is 2. The van der Waals surface area contributed by atoms with E-state index in [1.54, 1.807) is 0 Å². The van der Waals surface area contributed by atoms with E-state index < -0.39 is 0 Å². The number of nitrogens with zero attached hydrogens (tertiary/aromatic N) is 2. The van der Waals surface area contributed by atoms with E-state index in [-0.39, 0.29) is 0 Å². The van der Waals surface area contributed by atoms with E-state index in [0.717, 1.165) is 14.9 Å². The molecule has 0 aliphatic rings. The Labute approximate surface area is 98.1 Å². The Morgan fingerprint density at radius 1 is 1.27 bits per heavy atom. The van der Waals surface area contributed by atoms with E-state index in [0.29, 0.717) is 11.6 Å². The molecule has 0 spiro atoms. The van der Waals surface area contributed by atoms with Crippen molar-refractivity contribution in [1.82, 2.24) is 9.36 Å². The first kappa shape index (κ1) is 9.06. The summed E-state index contributed by atoms with van der Waals surface area (Å²) < 4.78 is 10.6. The maximum atomic E-state index is 5.63. The van der Waals surface area contributed by atoms with Gasteiger partial charge in [0, 0.05) is 5.39 Å². The largest absolute Gasteiger partial charge is 0.453 e. The highest BCUT2D eigenvalue weighted by Crippen LogP contribution is 2.27. The summed E-state index contributed by atoms with van der Waals surface area (Å²) in [5.74, 6) is 1.33. The molecule has 0 radical (unpaired) electrons. The molecule has 2 aromatic heterocycles. The summed E-state index contributed by atoms with van der Waals surface area (Å²) in [6.45, 7) is 0. The van der Waals surface area contributed by atoms with Gasteiger partial charge in [0.2, 0.25) is 5.82 Å². The third kappa shape index (κ3) is 1.57. The van der Waals surface area contributed by atoms with E-state index in [9.17, 15) is 0 Å². The van der Waals surface area contributed by atoms with Crippen LogP contribution in [0.4, 0.5) is 0 Å². The van der Waals surface area contributed by atoms with Crippen molar-refractivity contribution in [1.29, 1.82) is 0 Å². The average molecular weight is 281 g/mol. The molecule has 0 saturated carbocycles. The number of benzene rings is 1. The van der Waals surface area contributed by atoms with Crippen LogP contribution >= 0.6 is 27.5 Å². The van der Waals surface area contributed by atoms with Crippen LogP contribution in [-0.4, -0.2) is 9.36 Å². The number of furan rings is 1. The van der Waals surface area contributed by atoms with E-state index >= 15 is 0 Å². The predicted octanol–water partition coefficient (Wildman–Crippen LogP) is 3.71. The summed E-state index contributed by atoms with van der Waals surface area (Å²) in [4.78, 5) is 4.21. The second-order valence-corrected chi connectivity index (χ2v) is 5.05. The fourth-order valence-corrected chi connectivity index (χ4v) is 2.20. The van der Waals surface area contributed by atoms with Crippen LogP contribution in [0.5, 0.6) is 0 Å². The molecule has 15 heavy (non-hydrogen) atoms. The molecule has 0 saturated heterocycles. The summed E-state index contributed by atoms with van der Waals surface area (Å²) in [6, 6.07) is 9.81. The van der Waals surface area contributed by atoms with Gasteiger partial charge in [0.05, 0.1) is 0 Å². The van der Waals surface area contributed by atoms with Crippen LogP contribution in [-0.2, 0) is 0 Å². The Morgan fingerprint density at radius 3 is 2.87 bits per heavy atom. The van der Waals surface area contributed by atoms with Crippen molar-refractivity contribution in [3.63, 3.8) is 0 Å². The molecule has 3 nitrogen and oxygen atoms in total. The molecule has 0 bridgehead atoms. The van der Waals surface area contributed by atoms with Gasteiger partial charge in [0.15, 0.2) is 9.68 Å². The first-order chi connectivity index (χ1) is 7.33. The van der Waals surface area contributed by atoms with E-state index in [4.69, 9.17) is 4.42 Å². The molecule has 3 rings (SSSR count). The van der Waals surface area contributed by atoms with Crippen LogP contribution in [0.25, 0.3) is 22.6 Å². The quantitative estimate of drug-likeness (QED) is 0.682. The lowest BCUT2D eigenvalue weighted by molar-refractivity contribution is 0.626. The van der Waals surface area contributed by atoms with Gasteiger partial charge in [0.25, 0.3) is 0 Å². The fraction of sp³-hybridized carbons (Fsp3) is 0. The zero-order valence-corrected chi connectivity index (χ0v) is 9.88. The molecule has 0 amide bonds. The normalized spacial score (nSPS) is 11.0. The first-order valence-electron chi connectivity index (χ1n) is 4.31. The van der Waals surface area contributed by atoms with Crippen LogP contribution < -0.4 is 0 Å². The summed E-state index contributed by atoms with van der Waals surface area (Å²) in [6.07, 6.45) is 0. The molecule has 2 heterocycles. The van der Waals surface area contributed by atoms with Crippen LogP contribution in [0.3, 0.4) is 0 Å². The van der Waals surface area contributed by atoms with Crippen molar-refractivity contribution in [2.24, 2.45) is 0 Å². The van der Waals surface area contributed by atoms with Crippen molar-refractivity contribution >= 4 is 38.4 Å². The number of hydrogen-bond acceptors (Lipinski definition) is 4. The number of para-hydroxylation sites is 1. The summed E-state index contributed by atoms with van der Waals surface area (Å²) in [7, 11) is 0. The van der Waals surface area contributed by atoms with Crippen molar-refractivity contribution in [3.05, 3.63) is 34.2 Å². The summed E-state index contributed by atoms with van der Waals surface area (Å²) in [5.41, 5.74) is 0.860. The molecule has 0 N–H and O–H groups in total. The molecule has 0 fully saturated rings. The Kier molecular flexibility index (Phi) is 2.07. The number of fused-ring (bicyclic) bond motifs is 1. The standard InChI is InChI=1S/C10H5BrN2OS/c11-10-12-9(13-15-10)8-5-6-3-1-2-4-7(6)14-8/h1-5H. The number of hydrogen-bond donors (Lipinski definition) is 0. The van der Waals surface area contributed by atoms with Gasteiger partial charge in [-0.3, -0.25) is 0 Å². The van der Waals surface area contributed by atoms with Gasteiger partial charge in [-0.25, -0.2) is 4.98 Å². The Hall–Kier alpha value is -1.20. The predicted molar refractivity (Wildman–Crippen MR) is 62.8 cm³/mol. The molecule has 3 aromatic rings. The number of rotatable bonds is 1. The van der Waals surface area contributed by atoms with Crippen LogP contribution in [0, 0.1) is 0 Å². The lowest BCUT2D eigenvalue weighted by atomic mass is 10.2. The summed E-state index contributed by atoms with van der Waals surface area (Å²) >= 11 is 4.58. The van der Waals surface area contributed by atoms with Crippen LogP contribution in [0.2, 0.25) is 0 Å². The van der Waals surface area contributed by atoms with Gasteiger partial charge in [0.1, 0.15) is 5.58 Å². The van der Waals surface area contributed by atoms with Crippen molar-refractivity contribution in [2.75, 3.05) is 0 Å². The molecule has 0 unspecified atom stereocenters. The minimum atomic E-state index is 0.628. The highest BCUT2D eigenvalue weighted by Gasteiger charge is 2.10. The first-order valence-corrected chi connectivity index (χ1v) is 5.88. The van der Waals surface area contributed by atoms with E-state index in [1.807, 2.05) is 30.3 Å². The lowest BCUT2D eigenvalue weighted by Gasteiger charge is -1.84. The Morgan fingerprint density at radius 2 is 2.13 bits per heavy atom. The van der Waals surface area contributed by atoms with Crippen molar-refractivity contribution < 1.29 is 4.42 Å². The third-order valence-electron chi connectivity index (χ3n) is 2.05. The topological polar surface area (TPSA) is 38.9 Å². The zero-order chi connectivity index (χ0) is 10.3. The SMILES string of the molecule is Brc1nc(-c2cc3ccccc3o2)ns1. The van der Waals surface area contributed by atoms with Gasteiger partial charge in [-0.15, -0.1) is 0 Å². The van der Waals surface area contributed by atoms with Crippen LogP contribution in [0.1, 0.15) is 0 Å². The Balaban J connectivity index is 2.19. The average Bonchev–Trinajstić information content (AvgIpc) is 2.82. The zero-order valence-electron chi connectivity index (χ0n) is 7.48. The van der Waals surface area contributed by atoms with Gasteiger partial charge in [-0.1, -0.05) is 18.2 Å². The van der Waals surface area contributed by atoms with Crippen molar-refractivity contribution in [2.45, 2.75) is 0 Å². The van der Waals surface area contributed by atoms with E-state index in [2.05, 4.69) is 25.3 Å². The van der Waals surface area contributed by atoms with Gasteiger partial charge < -0.3 is 4.42 Å². The minimum absolute atomic E-state index is 0.628. The lowest BCUT2D eigenvalue weighted by Crippen LogP contribution is -1.73. The molecule has 74 valence electrons. The molecule has 0 aliphatic carbocycles. The third-order valence-corrected chi connectivity index (χ3v) is 3.16. The van der Waals surface area contributed by atoms with Gasteiger partial charge in [-0.2, -0.15) is 4.37 Å². The fourth-order valence-electron chi connectivity index (χ4n) is 1.40. The minimum Gasteiger partial charge on any atom is -0.453 e. The molecule has 5 heteroatoms. The number of halogens is 1. The highest BCUT2D eigenvalue weighted by atomic mass is 79.9. The maximum absolute atomic E-state index is 5.63. The second kappa shape index (κ2) is 3.43. The molecule has 1 aromatic carbocycles. The van der Waals surface area contributed by atoms with Gasteiger partial charge >= 0.3 is 0 Å². The molecule has 0 aliphatic heterocycles. The smallest absolute Gasteiger partial charge is 0.209 e. The van der Waals surface area contributed by atoms with Crippen molar-refractivity contribution in [3.8, 4) is 11.6 Å². The van der Waals surface area contributed by atoms with Crippen LogP contribution in [0.15, 0.2) is 38.7 Å². The summed E-state index contributed by atoms with van der Waals surface area (Å²) in [5, 5.41) is 1.07. The molecule has 0 atom stereocenters. The van der Waals surface area contributed by atoms with E-state index in [1.165, 1.54) is 11.5 Å². The maximum Gasteiger partial charge on any atom is 0.209 e. The Bertz CT molecular complexity index is 583. The monoisotopic (exact) mass is 280 g/mol. The van der Waals surface area contributed by atoms with Gasteiger partial charge in [-0.05, 0) is 39.6 Å². The molecular formula is C10H5BrN2OS. The molecular weight excluding hydrogens is 276 g/mol. The second-order valence-electron chi connectivity index (χ2n) is 3.02.